The van der Waals surface area contributed by atoms with Gasteiger partial charge in [0.1, 0.15) is 11.1 Å². The lowest BCUT2D eigenvalue weighted by Crippen LogP contribution is -2.31. The molecule has 2 N–H and O–H groups in total. The minimum absolute atomic E-state index is 0.261. The van der Waals surface area contributed by atoms with Crippen LogP contribution in [0.4, 0.5) is 0 Å². The van der Waals surface area contributed by atoms with Crippen LogP contribution in [0.5, 0.6) is 0 Å². The van der Waals surface area contributed by atoms with Crippen molar-refractivity contribution < 1.29 is 19.0 Å². The van der Waals surface area contributed by atoms with Crippen LogP contribution in [0, 0.1) is 10.4 Å². The Morgan fingerprint density at radius 3 is 2.00 bits per heavy atom. The van der Waals surface area contributed by atoms with Gasteiger partial charge in [0, 0.05) is 18.7 Å². The van der Waals surface area contributed by atoms with Gasteiger partial charge in [-0.2, -0.15) is 9.46 Å². The summed E-state index contributed by atoms with van der Waals surface area (Å²) >= 11 is 0. The molecule has 2 heterocycles. The molecule has 2 aromatic heterocycles. The van der Waals surface area contributed by atoms with Gasteiger partial charge in [0.25, 0.3) is 11.8 Å². The first-order valence-corrected chi connectivity index (χ1v) is 8.98. The second-order valence-corrected chi connectivity index (χ2v) is 6.52. The van der Waals surface area contributed by atoms with Gasteiger partial charge < -0.3 is 21.0 Å². The molecule has 0 aliphatic rings. The molecule has 0 spiro atoms. The number of aromatic nitrogens is 2. The van der Waals surface area contributed by atoms with Crippen LogP contribution in [-0.2, 0) is 6.54 Å². The Balaban J connectivity index is 1.56. The van der Waals surface area contributed by atoms with Gasteiger partial charge in [-0.1, -0.05) is 24.3 Å². The Morgan fingerprint density at radius 1 is 0.897 bits per heavy atom. The monoisotopic (exact) mass is 392 g/mol. The SMILES string of the molecule is CC(NC(=O)c1ccc[n+]([O-])c1)c1ccc(CNC(=O)c2ccc[n+]([O-])c2)cc1. The third kappa shape index (κ3) is 5.29. The number of amides is 2. The number of rotatable bonds is 6. The standard InChI is InChI=1S/C21H20N4O4/c1-15(23-21(27)19-5-3-11-25(29)14-19)17-8-6-16(7-9-17)12-22-20(26)18-4-2-10-24(28)13-18/h2-11,13-15H,12H2,1H3,(H,22,26)(H,23,27). The molecule has 1 atom stereocenters. The molecule has 0 radical (unpaired) electrons. The number of carbonyl (C=O) groups is 2. The summed E-state index contributed by atoms with van der Waals surface area (Å²) in [6.07, 6.45) is 5.05. The topological polar surface area (TPSA) is 112 Å². The molecule has 29 heavy (non-hydrogen) atoms. The van der Waals surface area contributed by atoms with Crippen molar-refractivity contribution in [2.75, 3.05) is 0 Å². The Bertz CT molecular complexity index is 1020. The van der Waals surface area contributed by atoms with Gasteiger partial charge in [0.15, 0.2) is 24.8 Å². The Kier molecular flexibility index (Phi) is 6.03. The van der Waals surface area contributed by atoms with Crippen molar-refractivity contribution in [2.45, 2.75) is 19.5 Å². The largest absolute Gasteiger partial charge is 0.619 e. The predicted molar refractivity (Wildman–Crippen MR) is 104 cm³/mol. The Morgan fingerprint density at radius 2 is 1.45 bits per heavy atom. The molecule has 0 saturated heterocycles. The van der Waals surface area contributed by atoms with Gasteiger partial charge in [-0.15, -0.1) is 0 Å². The van der Waals surface area contributed by atoms with Crippen molar-refractivity contribution in [3.8, 4) is 0 Å². The lowest BCUT2D eigenvalue weighted by molar-refractivity contribution is -0.605. The maximum absolute atomic E-state index is 12.2. The van der Waals surface area contributed by atoms with Crippen LogP contribution in [-0.4, -0.2) is 11.8 Å². The first kappa shape index (κ1) is 19.8. The highest BCUT2D eigenvalue weighted by Crippen LogP contribution is 2.14. The molecular weight excluding hydrogens is 372 g/mol. The normalized spacial score (nSPS) is 11.5. The third-order valence-electron chi connectivity index (χ3n) is 4.35. The number of pyridine rings is 2. The van der Waals surface area contributed by atoms with E-state index in [1.54, 1.807) is 12.1 Å². The molecule has 3 rings (SSSR count). The maximum atomic E-state index is 12.2. The summed E-state index contributed by atoms with van der Waals surface area (Å²) in [6, 6.07) is 13.3. The van der Waals surface area contributed by atoms with Crippen LogP contribution in [0.15, 0.2) is 73.3 Å². The van der Waals surface area contributed by atoms with Crippen molar-refractivity contribution >= 4 is 11.8 Å². The summed E-state index contributed by atoms with van der Waals surface area (Å²) < 4.78 is 1.15. The predicted octanol–water partition coefficient (Wildman–Crippen LogP) is 1.37. The smallest absolute Gasteiger partial charge is 0.257 e. The molecule has 3 aromatic rings. The van der Waals surface area contributed by atoms with E-state index >= 15 is 0 Å². The number of hydrogen-bond donors (Lipinski definition) is 2. The van der Waals surface area contributed by atoms with Crippen LogP contribution in [0.2, 0.25) is 0 Å². The Hall–Kier alpha value is -3.94. The van der Waals surface area contributed by atoms with Crippen molar-refractivity contribution in [2.24, 2.45) is 0 Å². The van der Waals surface area contributed by atoms with E-state index in [1.165, 1.54) is 36.9 Å². The summed E-state index contributed by atoms with van der Waals surface area (Å²) in [4.78, 5) is 24.3. The van der Waals surface area contributed by atoms with E-state index in [9.17, 15) is 20.0 Å². The van der Waals surface area contributed by atoms with Gasteiger partial charge >= 0.3 is 0 Å². The highest BCUT2D eigenvalue weighted by molar-refractivity contribution is 5.94. The number of carbonyl (C=O) groups excluding carboxylic acids is 2. The lowest BCUT2D eigenvalue weighted by atomic mass is 10.1. The van der Waals surface area contributed by atoms with Gasteiger partial charge in [-0.25, -0.2) is 0 Å². The zero-order chi connectivity index (χ0) is 20.8. The van der Waals surface area contributed by atoms with E-state index in [4.69, 9.17) is 0 Å². The van der Waals surface area contributed by atoms with Crippen molar-refractivity contribution in [1.29, 1.82) is 0 Å². The molecule has 0 aliphatic carbocycles. The highest BCUT2D eigenvalue weighted by atomic mass is 16.5. The van der Waals surface area contributed by atoms with E-state index < -0.39 is 0 Å². The average Bonchev–Trinajstić information content (AvgIpc) is 2.72. The summed E-state index contributed by atoms with van der Waals surface area (Å²) in [5.41, 5.74) is 2.33. The average molecular weight is 392 g/mol. The summed E-state index contributed by atoms with van der Waals surface area (Å²) in [7, 11) is 0. The minimum atomic E-state index is -0.336. The number of hydrogen-bond acceptors (Lipinski definition) is 4. The van der Waals surface area contributed by atoms with Gasteiger partial charge in [-0.3, -0.25) is 9.59 Å². The molecule has 2 amide bonds. The molecular formula is C21H20N4O4. The molecule has 0 aliphatic heterocycles. The van der Waals surface area contributed by atoms with Gasteiger partial charge in [0.05, 0.1) is 6.04 Å². The summed E-state index contributed by atoms with van der Waals surface area (Å²) in [6.45, 7) is 2.15. The summed E-state index contributed by atoms with van der Waals surface area (Å²) in [5, 5.41) is 28.1. The van der Waals surface area contributed by atoms with Crippen LogP contribution >= 0.6 is 0 Å². The van der Waals surface area contributed by atoms with E-state index in [-0.39, 0.29) is 29.0 Å². The van der Waals surface area contributed by atoms with Crippen LogP contribution in [0.1, 0.15) is 44.8 Å². The molecule has 8 heteroatoms. The van der Waals surface area contributed by atoms with E-state index in [0.29, 0.717) is 16.0 Å². The first-order chi connectivity index (χ1) is 13.9. The molecule has 0 fully saturated rings. The second kappa shape index (κ2) is 8.83. The summed E-state index contributed by atoms with van der Waals surface area (Å²) in [5.74, 6) is -0.670. The lowest BCUT2D eigenvalue weighted by Gasteiger charge is -2.15. The molecule has 0 saturated carbocycles. The van der Waals surface area contributed by atoms with Crippen molar-refractivity contribution in [1.82, 2.24) is 10.6 Å². The van der Waals surface area contributed by atoms with Crippen LogP contribution < -0.4 is 20.1 Å². The van der Waals surface area contributed by atoms with Crippen molar-refractivity contribution in [3.05, 3.63) is 106 Å². The molecule has 1 aromatic carbocycles. The van der Waals surface area contributed by atoms with Gasteiger partial charge in [0.2, 0.25) is 0 Å². The maximum Gasteiger partial charge on any atom is 0.257 e. The Labute approximate surface area is 167 Å². The fourth-order valence-corrected chi connectivity index (χ4v) is 2.75. The highest BCUT2D eigenvalue weighted by Gasteiger charge is 2.14. The quantitative estimate of drug-likeness (QED) is 0.487. The third-order valence-corrected chi connectivity index (χ3v) is 4.35. The van der Waals surface area contributed by atoms with Crippen LogP contribution in [0.25, 0.3) is 0 Å². The molecule has 148 valence electrons. The number of nitrogens with zero attached hydrogens (tertiary/aromatic N) is 2. The van der Waals surface area contributed by atoms with Gasteiger partial charge in [-0.05, 0) is 30.2 Å². The molecule has 1 unspecified atom stereocenters. The fourth-order valence-electron chi connectivity index (χ4n) is 2.75. The second-order valence-electron chi connectivity index (χ2n) is 6.52. The van der Waals surface area contributed by atoms with E-state index in [0.717, 1.165) is 11.1 Å². The number of nitrogens with one attached hydrogen (secondary N) is 2. The van der Waals surface area contributed by atoms with E-state index in [2.05, 4.69) is 10.6 Å². The zero-order valence-electron chi connectivity index (χ0n) is 15.7. The number of benzene rings is 1. The fraction of sp³-hybridized carbons (Fsp3) is 0.143. The van der Waals surface area contributed by atoms with E-state index in [1.807, 2.05) is 31.2 Å². The van der Waals surface area contributed by atoms with Crippen LogP contribution in [0.3, 0.4) is 0 Å². The zero-order valence-corrected chi connectivity index (χ0v) is 15.7. The first-order valence-electron chi connectivity index (χ1n) is 8.98. The minimum Gasteiger partial charge on any atom is -0.619 e. The molecule has 8 nitrogen and oxygen atoms in total. The molecule has 0 bridgehead atoms. The van der Waals surface area contributed by atoms with Crippen molar-refractivity contribution in [3.63, 3.8) is 0 Å².